The van der Waals surface area contributed by atoms with Crippen LogP contribution in [0, 0.1) is 0 Å². The molecule has 0 spiro atoms. The molecule has 1 unspecified atom stereocenters. The smallest absolute Gasteiger partial charge is 0.321 e. The van der Waals surface area contributed by atoms with Crippen LogP contribution in [-0.2, 0) is 29.0 Å². The summed E-state index contributed by atoms with van der Waals surface area (Å²) >= 11 is 0. The van der Waals surface area contributed by atoms with Crippen molar-refractivity contribution in [2.45, 2.75) is 38.5 Å². The lowest BCUT2D eigenvalue weighted by molar-refractivity contribution is -0.124. The standard InChI is InChI=1S/C24H28N4O3/c29-23(22-2-1-13-31-22)26-20-6-5-18-9-11-27(16-19(18)14-20)15-17-3-7-21(8-4-17)28-12-10-25-24(28)30/h3-8,14,22H,1-2,9-13,15-16H2,(H,25,30)(H,26,29). The van der Waals surface area contributed by atoms with E-state index in [1.54, 1.807) is 4.90 Å². The number of benzene rings is 2. The molecule has 3 aliphatic heterocycles. The monoisotopic (exact) mass is 420 g/mol. The normalized spacial score (nSPS) is 21.1. The van der Waals surface area contributed by atoms with Gasteiger partial charge in [0.05, 0.1) is 0 Å². The molecule has 1 atom stereocenters. The van der Waals surface area contributed by atoms with Gasteiger partial charge in [-0.1, -0.05) is 18.2 Å². The number of urea groups is 1. The topological polar surface area (TPSA) is 73.9 Å². The van der Waals surface area contributed by atoms with Gasteiger partial charge in [-0.2, -0.15) is 0 Å². The SMILES string of the molecule is O=C(Nc1ccc2c(c1)CN(Cc1ccc(N3CCNC3=O)cc1)CC2)C1CCCO1. The Morgan fingerprint density at radius 3 is 2.74 bits per heavy atom. The molecule has 5 rings (SSSR count). The van der Waals surface area contributed by atoms with Crippen molar-refractivity contribution in [3.05, 3.63) is 59.2 Å². The van der Waals surface area contributed by atoms with Crippen molar-refractivity contribution in [1.29, 1.82) is 0 Å². The molecule has 3 heterocycles. The molecule has 0 aliphatic carbocycles. The Morgan fingerprint density at radius 2 is 2.00 bits per heavy atom. The Hall–Kier alpha value is -2.90. The number of anilines is 2. The third kappa shape index (κ3) is 4.43. The van der Waals surface area contributed by atoms with Crippen molar-refractivity contribution in [2.75, 3.05) is 36.5 Å². The van der Waals surface area contributed by atoms with E-state index < -0.39 is 0 Å². The molecule has 0 aromatic heterocycles. The van der Waals surface area contributed by atoms with E-state index in [4.69, 9.17) is 4.74 Å². The number of nitrogens with one attached hydrogen (secondary N) is 2. The van der Waals surface area contributed by atoms with Crippen molar-refractivity contribution in [3.63, 3.8) is 0 Å². The summed E-state index contributed by atoms with van der Waals surface area (Å²) in [6.07, 6.45) is 2.43. The molecule has 7 heteroatoms. The second kappa shape index (κ2) is 8.69. The number of hydrogen-bond acceptors (Lipinski definition) is 4. The first-order valence-electron chi connectivity index (χ1n) is 11.1. The highest BCUT2D eigenvalue weighted by Gasteiger charge is 2.24. The van der Waals surface area contributed by atoms with Gasteiger partial charge < -0.3 is 15.4 Å². The minimum Gasteiger partial charge on any atom is -0.368 e. The quantitative estimate of drug-likeness (QED) is 0.780. The van der Waals surface area contributed by atoms with E-state index in [9.17, 15) is 9.59 Å². The van der Waals surface area contributed by atoms with Crippen LogP contribution in [0.15, 0.2) is 42.5 Å². The van der Waals surface area contributed by atoms with E-state index in [0.717, 1.165) is 50.3 Å². The van der Waals surface area contributed by atoms with E-state index in [1.165, 1.54) is 16.7 Å². The second-order valence-electron chi connectivity index (χ2n) is 8.49. The predicted octanol–water partition coefficient (Wildman–Crippen LogP) is 2.89. The van der Waals surface area contributed by atoms with Crippen molar-refractivity contribution >= 4 is 23.3 Å². The van der Waals surface area contributed by atoms with Crippen LogP contribution < -0.4 is 15.5 Å². The number of fused-ring (bicyclic) bond motifs is 1. The zero-order chi connectivity index (χ0) is 21.2. The summed E-state index contributed by atoms with van der Waals surface area (Å²) in [6.45, 7) is 4.80. The highest BCUT2D eigenvalue weighted by molar-refractivity contribution is 5.94. The molecular formula is C24H28N4O3. The molecule has 3 aliphatic rings. The Balaban J connectivity index is 1.21. The van der Waals surface area contributed by atoms with Crippen LogP contribution >= 0.6 is 0 Å². The van der Waals surface area contributed by atoms with Gasteiger partial charge >= 0.3 is 6.03 Å². The van der Waals surface area contributed by atoms with Crippen LogP contribution in [0.2, 0.25) is 0 Å². The fourth-order valence-corrected chi connectivity index (χ4v) is 4.59. The van der Waals surface area contributed by atoms with Crippen LogP contribution in [0.5, 0.6) is 0 Å². The summed E-state index contributed by atoms with van der Waals surface area (Å²) in [4.78, 5) is 28.4. The van der Waals surface area contributed by atoms with Crippen molar-refractivity contribution in [1.82, 2.24) is 10.2 Å². The first-order valence-corrected chi connectivity index (χ1v) is 11.1. The van der Waals surface area contributed by atoms with E-state index >= 15 is 0 Å². The fourth-order valence-electron chi connectivity index (χ4n) is 4.59. The summed E-state index contributed by atoms with van der Waals surface area (Å²) < 4.78 is 5.48. The number of nitrogens with zero attached hydrogens (tertiary/aromatic N) is 2. The number of rotatable bonds is 5. The molecule has 2 aromatic rings. The predicted molar refractivity (Wildman–Crippen MR) is 119 cm³/mol. The molecule has 2 N–H and O–H groups in total. The summed E-state index contributed by atoms with van der Waals surface area (Å²) in [6, 6.07) is 14.5. The molecule has 0 saturated carbocycles. The third-order valence-corrected chi connectivity index (χ3v) is 6.30. The number of carbonyl (C=O) groups is 2. The van der Waals surface area contributed by atoms with Crippen molar-refractivity contribution < 1.29 is 14.3 Å². The van der Waals surface area contributed by atoms with Gasteiger partial charge in [-0.25, -0.2) is 4.79 Å². The maximum atomic E-state index is 12.4. The lowest BCUT2D eigenvalue weighted by Gasteiger charge is -2.29. The van der Waals surface area contributed by atoms with E-state index in [2.05, 4.69) is 39.8 Å². The minimum atomic E-state index is -0.317. The van der Waals surface area contributed by atoms with E-state index in [1.807, 2.05) is 18.2 Å². The minimum absolute atomic E-state index is 0.0252. The van der Waals surface area contributed by atoms with Crippen molar-refractivity contribution in [2.24, 2.45) is 0 Å². The lowest BCUT2D eigenvalue weighted by atomic mass is 9.98. The molecule has 0 radical (unpaired) electrons. The van der Waals surface area contributed by atoms with Gasteiger partial charge in [-0.15, -0.1) is 0 Å². The van der Waals surface area contributed by atoms with Crippen LogP contribution in [0.3, 0.4) is 0 Å². The molecule has 2 saturated heterocycles. The van der Waals surface area contributed by atoms with Crippen LogP contribution in [0.1, 0.15) is 29.5 Å². The molecule has 0 bridgehead atoms. The highest BCUT2D eigenvalue weighted by Crippen LogP contribution is 2.25. The van der Waals surface area contributed by atoms with Crippen LogP contribution in [0.25, 0.3) is 0 Å². The molecule has 3 amide bonds. The van der Waals surface area contributed by atoms with Gasteiger partial charge in [0.1, 0.15) is 6.10 Å². The number of hydrogen-bond donors (Lipinski definition) is 2. The molecular weight excluding hydrogens is 392 g/mol. The number of amides is 3. The number of ether oxygens (including phenoxy) is 1. The van der Waals surface area contributed by atoms with Gasteiger partial charge in [-0.05, 0) is 60.2 Å². The summed E-state index contributed by atoms with van der Waals surface area (Å²) in [7, 11) is 0. The maximum Gasteiger partial charge on any atom is 0.321 e. The van der Waals surface area contributed by atoms with Gasteiger partial charge in [0.2, 0.25) is 0 Å². The first kappa shape index (κ1) is 20.0. The van der Waals surface area contributed by atoms with Gasteiger partial charge in [0.25, 0.3) is 5.91 Å². The van der Waals surface area contributed by atoms with Crippen LogP contribution in [-0.4, -0.2) is 49.2 Å². The van der Waals surface area contributed by atoms with Gasteiger partial charge in [-0.3, -0.25) is 14.6 Å². The molecule has 31 heavy (non-hydrogen) atoms. The average molecular weight is 421 g/mol. The molecule has 7 nitrogen and oxygen atoms in total. The molecule has 162 valence electrons. The van der Waals surface area contributed by atoms with Gasteiger partial charge in [0.15, 0.2) is 0 Å². The van der Waals surface area contributed by atoms with Crippen LogP contribution in [0.4, 0.5) is 16.2 Å². The first-order chi connectivity index (χ1) is 15.2. The Bertz CT molecular complexity index is 969. The second-order valence-corrected chi connectivity index (χ2v) is 8.49. The zero-order valence-corrected chi connectivity index (χ0v) is 17.6. The summed E-state index contributed by atoms with van der Waals surface area (Å²) in [5.74, 6) is -0.0445. The van der Waals surface area contributed by atoms with E-state index in [-0.39, 0.29) is 18.0 Å². The number of carbonyl (C=O) groups excluding carboxylic acids is 2. The third-order valence-electron chi connectivity index (χ3n) is 6.30. The molecule has 2 fully saturated rings. The highest BCUT2D eigenvalue weighted by atomic mass is 16.5. The van der Waals surface area contributed by atoms with E-state index in [0.29, 0.717) is 19.7 Å². The Labute approximate surface area is 182 Å². The van der Waals surface area contributed by atoms with Gasteiger partial charge in [0, 0.05) is 50.7 Å². The Kier molecular flexibility index (Phi) is 5.61. The Morgan fingerprint density at radius 1 is 1.13 bits per heavy atom. The largest absolute Gasteiger partial charge is 0.368 e. The van der Waals surface area contributed by atoms with Crippen molar-refractivity contribution in [3.8, 4) is 0 Å². The maximum absolute atomic E-state index is 12.4. The average Bonchev–Trinajstić information content (AvgIpc) is 3.46. The fraction of sp³-hybridized carbons (Fsp3) is 0.417. The lowest BCUT2D eigenvalue weighted by Crippen LogP contribution is -2.31. The summed E-state index contributed by atoms with van der Waals surface area (Å²) in [5.41, 5.74) is 5.63. The summed E-state index contributed by atoms with van der Waals surface area (Å²) in [5, 5.41) is 5.85. The molecule has 2 aromatic carbocycles. The zero-order valence-electron chi connectivity index (χ0n) is 17.6.